The number of amides is 1. The first-order valence-electron chi connectivity index (χ1n) is 9.92. The van der Waals surface area contributed by atoms with Gasteiger partial charge in [0.2, 0.25) is 0 Å². The molecule has 2 aromatic rings. The van der Waals surface area contributed by atoms with E-state index >= 15 is 0 Å². The average Bonchev–Trinajstić information content (AvgIpc) is 3.23. The molecule has 1 aliphatic carbocycles. The molecule has 0 fully saturated rings. The van der Waals surface area contributed by atoms with E-state index in [2.05, 4.69) is 35.9 Å². The van der Waals surface area contributed by atoms with Crippen molar-refractivity contribution < 1.29 is 9.53 Å². The number of nitrogens with zero attached hydrogens (tertiary/aromatic N) is 2. The highest BCUT2D eigenvalue weighted by Gasteiger charge is 2.23. The highest BCUT2D eigenvalue weighted by atomic mass is 16.6. The van der Waals surface area contributed by atoms with Crippen LogP contribution in [0.5, 0.6) is 0 Å². The number of aromatic amines is 1. The van der Waals surface area contributed by atoms with Gasteiger partial charge in [0, 0.05) is 12.1 Å². The number of carbonyl (C=O) groups is 1. The lowest BCUT2D eigenvalue weighted by Crippen LogP contribution is -2.37. The van der Waals surface area contributed by atoms with E-state index in [-0.39, 0.29) is 6.09 Å². The van der Waals surface area contributed by atoms with Gasteiger partial charge in [-0.3, -0.25) is 0 Å². The molecular formula is C22H31N3O2. The van der Waals surface area contributed by atoms with Crippen LogP contribution in [-0.2, 0) is 24.1 Å². The number of hydrogen-bond acceptors (Lipinski definition) is 3. The Bertz CT molecular complexity index is 817. The van der Waals surface area contributed by atoms with Crippen LogP contribution in [0.15, 0.2) is 18.3 Å². The summed E-state index contributed by atoms with van der Waals surface area (Å²) in [6.07, 6.45) is 5.98. The molecule has 0 unspecified atom stereocenters. The topological polar surface area (TPSA) is 58.2 Å². The molecule has 1 amide bonds. The van der Waals surface area contributed by atoms with Crippen LogP contribution in [0.2, 0.25) is 0 Å². The molecule has 0 atom stereocenters. The summed E-state index contributed by atoms with van der Waals surface area (Å²) < 4.78 is 5.54. The fourth-order valence-corrected chi connectivity index (χ4v) is 3.73. The zero-order chi connectivity index (χ0) is 19.6. The maximum atomic E-state index is 12.5. The molecule has 1 aromatic heterocycles. The van der Waals surface area contributed by atoms with E-state index < -0.39 is 5.60 Å². The van der Waals surface area contributed by atoms with E-state index in [9.17, 15) is 4.79 Å². The van der Waals surface area contributed by atoms with Gasteiger partial charge < -0.3 is 14.6 Å². The molecule has 146 valence electrons. The Morgan fingerprint density at radius 2 is 2.00 bits per heavy atom. The molecule has 5 heteroatoms. The van der Waals surface area contributed by atoms with Crippen LogP contribution in [0.3, 0.4) is 0 Å². The van der Waals surface area contributed by atoms with Crippen LogP contribution in [0.25, 0.3) is 11.3 Å². The van der Waals surface area contributed by atoms with Crippen molar-refractivity contribution >= 4 is 6.09 Å². The van der Waals surface area contributed by atoms with Crippen molar-refractivity contribution in [2.75, 3.05) is 6.54 Å². The van der Waals surface area contributed by atoms with Crippen molar-refractivity contribution in [2.45, 2.75) is 72.4 Å². The minimum atomic E-state index is -0.500. The number of benzene rings is 1. The van der Waals surface area contributed by atoms with E-state index in [0.29, 0.717) is 13.1 Å². The van der Waals surface area contributed by atoms with Crippen molar-refractivity contribution in [1.82, 2.24) is 14.9 Å². The second kappa shape index (κ2) is 7.75. The van der Waals surface area contributed by atoms with Crippen LogP contribution in [-0.4, -0.2) is 33.1 Å². The van der Waals surface area contributed by atoms with Crippen molar-refractivity contribution in [3.05, 3.63) is 40.8 Å². The molecule has 1 heterocycles. The third-order valence-corrected chi connectivity index (χ3v) is 4.92. The number of aryl methyl sites for hydroxylation is 1. The van der Waals surface area contributed by atoms with Crippen LogP contribution < -0.4 is 0 Å². The zero-order valence-electron chi connectivity index (χ0n) is 17.2. The number of ether oxygens (including phenoxy) is 1. The Labute approximate surface area is 162 Å². The first-order chi connectivity index (χ1) is 12.8. The minimum absolute atomic E-state index is 0.293. The molecule has 27 heavy (non-hydrogen) atoms. The van der Waals surface area contributed by atoms with E-state index in [1.165, 1.54) is 35.1 Å². The number of fused-ring (bicyclic) bond motifs is 1. The van der Waals surface area contributed by atoms with Crippen LogP contribution in [0.4, 0.5) is 4.79 Å². The predicted octanol–water partition coefficient (Wildman–Crippen LogP) is 5.02. The molecule has 0 saturated heterocycles. The van der Waals surface area contributed by atoms with E-state index in [0.717, 1.165) is 24.4 Å². The minimum Gasteiger partial charge on any atom is -0.444 e. The van der Waals surface area contributed by atoms with Gasteiger partial charge in [0.05, 0.1) is 18.4 Å². The highest BCUT2D eigenvalue weighted by Crippen LogP contribution is 2.33. The standard InChI is InChI=1S/C22H31N3O2/c1-6-12-25(21(26)27-22(3,4)5)14-20-23-13-19(24-20)18-11-10-15(2)16-8-7-9-17(16)18/h10-11,13H,6-9,12,14H2,1-5H3,(H,23,24). The van der Waals surface area contributed by atoms with Gasteiger partial charge in [0.1, 0.15) is 11.4 Å². The fraction of sp³-hybridized carbons (Fsp3) is 0.545. The number of rotatable bonds is 5. The molecule has 0 saturated carbocycles. The highest BCUT2D eigenvalue weighted by molar-refractivity contribution is 5.69. The number of aromatic nitrogens is 2. The largest absolute Gasteiger partial charge is 0.444 e. The van der Waals surface area contributed by atoms with Crippen molar-refractivity contribution in [3.63, 3.8) is 0 Å². The molecule has 5 nitrogen and oxygen atoms in total. The summed E-state index contributed by atoms with van der Waals surface area (Å²) in [4.78, 5) is 22.2. The molecule has 0 spiro atoms. The summed E-state index contributed by atoms with van der Waals surface area (Å²) >= 11 is 0. The quantitative estimate of drug-likeness (QED) is 0.805. The molecule has 1 aliphatic rings. The lowest BCUT2D eigenvalue weighted by atomic mass is 9.97. The molecule has 1 aromatic carbocycles. The van der Waals surface area contributed by atoms with Crippen molar-refractivity contribution in [1.29, 1.82) is 0 Å². The lowest BCUT2D eigenvalue weighted by molar-refractivity contribution is 0.0229. The normalized spacial score (nSPS) is 13.5. The van der Waals surface area contributed by atoms with Gasteiger partial charge in [-0.15, -0.1) is 0 Å². The Kier molecular flexibility index (Phi) is 5.59. The summed E-state index contributed by atoms with van der Waals surface area (Å²) in [5, 5.41) is 0. The average molecular weight is 370 g/mol. The van der Waals surface area contributed by atoms with Crippen LogP contribution in [0, 0.1) is 6.92 Å². The van der Waals surface area contributed by atoms with Crippen LogP contribution in [0.1, 0.15) is 63.1 Å². The fourth-order valence-electron chi connectivity index (χ4n) is 3.73. The number of imidazole rings is 1. The predicted molar refractivity (Wildman–Crippen MR) is 108 cm³/mol. The van der Waals surface area contributed by atoms with E-state index in [1.54, 1.807) is 4.90 Å². The van der Waals surface area contributed by atoms with Crippen LogP contribution >= 0.6 is 0 Å². The third kappa shape index (κ3) is 4.52. The van der Waals surface area contributed by atoms with Gasteiger partial charge in [-0.05, 0) is 70.1 Å². The summed E-state index contributed by atoms with van der Waals surface area (Å²) in [5.74, 6) is 0.789. The first-order valence-corrected chi connectivity index (χ1v) is 9.92. The Balaban J connectivity index is 1.79. The number of H-pyrrole nitrogens is 1. The second-order valence-electron chi connectivity index (χ2n) is 8.39. The SMILES string of the molecule is CCCN(Cc1ncc(-c2ccc(C)c3c2CCC3)[nH]1)C(=O)OC(C)(C)C. The van der Waals surface area contributed by atoms with E-state index in [1.807, 2.05) is 27.0 Å². The summed E-state index contributed by atoms with van der Waals surface area (Å²) in [6, 6.07) is 4.39. The van der Waals surface area contributed by atoms with Gasteiger partial charge >= 0.3 is 6.09 Å². The zero-order valence-corrected chi connectivity index (χ0v) is 17.2. The molecular weight excluding hydrogens is 338 g/mol. The summed E-state index contributed by atoms with van der Waals surface area (Å²) in [7, 11) is 0. The maximum Gasteiger partial charge on any atom is 0.410 e. The molecule has 1 N–H and O–H groups in total. The summed E-state index contributed by atoms with van der Waals surface area (Å²) in [5.41, 5.74) is 6.09. The Hall–Kier alpha value is -2.30. The monoisotopic (exact) mass is 369 g/mol. The summed E-state index contributed by atoms with van der Waals surface area (Å²) in [6.45, 7) is 11.0. The number of nitrogens with one attached hydrogen (secondary N) is 1. The van der Waals surface area contributed by atoms with Gasteiger partial charge in [-0.1, -0.05) is 19.1 Å². The number of hydrogen-bond donors (Lipinski definition) is 1. The molecule has 0 radical (unpaired) electrons. The molecule has 0 aliphatic heterocycles. The first kappa shape index (κ1) is 19.5. The Morgan fingerprint density at radius 1 is 1.26 bits per heavy atom. The second-order valence-corrected chi connectivity index (χ2v) is 8.39. The third-order valence-electron chi connectivity index (χ3n) is 4.92. The lowest BCUT2D eigenvalue weighted by Gasteiger charge is -2.26. The van der Waals surface area contributed by atoms with E-state index in [4.69, 9.17) is 4.74 Å². The van der Waals surface area contributed by atoms with Crippen molar-refractivity contribution in [3.8, 4) is 11.3 Å². The van der Waals surface area contributed by atoms with Gasteiger partial charge in [0.25, 0.3) is 0 Å². The maximum absolute atomic E-state index is 12.5. The van der Waals surface area contributed by atoms with Gasteiger partial charge in [0.15, 0.2) is 0 Å². The number of carbonyl (C=O) groups excluding carboxylic acids is 1. The van der Waals surface area contributed by atoms with Gasteiger partial charge in [-0.2, -0.15) is 0 Å². The molecule has 0 bridgehead atoms. The van der Waals surface area contributed by atoms with Crippen molar-refractivity contribution in [2.24, 2.45) is 0 Å². The van der Waals surface area contributed by atoms with Gasteiger partial charge in [-0.25, -0.2) is 9.78 Å². The Morgan fingerprint density at radius 3 is 2.70 bits per heavy atom. The molecule has 3 rings (SSSR count). The smallest absolute Gasteiger partial charge is 0.410 e.